The summed E-state index contributed by atoms with van der Waals surface area (Å²) in [6.45, 7) is 8.95. The molecule has 178 valence electrons. The third-order valence-corrected chi connectivity index (χ3v) is 4.83. The molecule has 6 heteroatoms. The number of benzene rings is 4. The van der Waals surface area contributed by atoms with E-state index in [4.69, 9.17) is 14.7 Å². The maximum atomic E-state index is 13.2. The molecule has 0 saturated carbocycles. The van der Waals surface area contributed by atoms with Crippen LogP contribution < -0.4 is 5.12 Å². The Balaban J connectivity index is 0.000000266. The number of aryl methyl sites for hydroxylation is 2. The topological polar surface area (TPSA) is 77.8 Å². The maximum Gasteiger partial charge on any atom is 0.373 e. The molecule has 0 heterocycles. The van der Waals surface area contributed by atoms with E-state index < -0.39 is 0 Å². The molecule has 0 spiro atoms. The molecule has 5 nitrogen and oxygen atoms in total. The van der Waals surface area contributed by atoms with Gasteiger partial charge in [-0.15, -0.1) is 4.48 Å². The first-order valence-corrected chi connectivity index (χ1v) is 10.6. The van der Waals surface area contributed by atoms with Crippen molar-refractivity contribution in [3.05, 3.63) is 96.3 Å². The van der Waals surface area contributed by atoms with Crippen LogP contribution in [0.25, 0.3) is 21.5 Å². The van der Waals surface area contributed by atoms with Gasteiger partial charge in [0.25, 0.3) is 0 Å². The first-order valence-electron chi connectivity index (χ1n) is 10.6. The summed E-state index contributed by atoms with van der Waals surface area (Å²) < 4.78 is 13.2. The summed E-state index contributed by atoms with van der Waals surface area (Å²) in [4.78, 5) is 16.2. The lowest BCUT2D eigenvalue weighted by Gasteiger charge is -2.13. The van der Waals surface area contributed by atoms with Crippen molar-refractivity contribution in [2.45, 2.75) is 27.2 Å². The largest absolute Gasteiger partial charge is 0.513 e. The molecule has 0 fully saturated rings. The van der Waals surface area contributed by atoms with Crippen molar-refractivity contribution in [1.82, 2.24) is 0 Å². The van der Waals surface area contributed by atoms with Crippen LogP contribution in [0.15, 0.2) is 85.1 Å². The van der Waals surface area contributed by atoms with Crippen molar-refractivity contribution in [3.8, 4) is 5.75 Å². The summed E-state index contributed by atoms with van der Waals surface area (Å²) in [5, 5.41) is 22.6. The minimum Gasteiger partial charge on any atom is -0.513 e. The van der Waals surface area contributed by atoms with Crippen molar-refractivity contribution >= 4 is 33.4 Å². The van der Waals surface area contributed by atoms with E-state index in [2.05, 4.69) is 56.0 Å². The lowest BCUT2D eigenvalue weighted by atomic mass is 10.0. The molecule has 0 aromatic heterocycles. The van der Waals surface area contributed by atoms with Crippen molar-refractivity contribution in [2.24, 2.45) is 0 Å². The smallest absolute Gasteiger partial charge is 0.373 e. The summed E-state index contributed by atoms with van der Waals surface area (Å²) in [5.74, 6) is 0.473. The first-order chi connectivity index (χ1) is 16.2. The van der Waals surface area contributed by atoms with Crippen LogP contribution >= 0.6 is 0 Å². The molecule has 4 aromatic carbocycles. The zero-order valence-electron chi connectivity index (χ0n) is 19.9. The van der Waals surface area contributed by atoms with Gasteiger partial charge in [0, 0.05) is 24.2 Å². The van der Waals surface area contributed by atoms with Crippen molar-refractivity contribution in [1.29, 1.82) is 0 Å². The van der Waals surface area contributed by atoms with Crippen LogP contribution in [0.4, 0.5) is 10.2 Å². The van der Waals surface area contributed by atoms with Crippen LogP contribution in [0.1, 0.15) is 24.5 Å². The Morgan fingerprint density at radius 3 is 1.97 bits per heavy atom. The monoisotopic (exact) mass is 463 g/mol. The molecule has 0 aliphatic carbocycles. The molecule has 2 N–H and O–H groups in total. The highest BCUT2D eigenvalue weighted by molar-refractivity contribution is 5.98. The molecule has 0 aliphatic heterocycles. The quantitative estimate of drug-likeness (QED) is 0.243. The second kappa shape index (κ2) is 14.1. The fraction of sp³-hybridized carbons (Fsp3) is 0.179. The number of phenolic OH excluding ortho intramolecular Hbond substituents is 1. The fourth-order valence-electron chi connectivity index (χ4n) is 3.04. The fourth-order valence-corrected chi connectivity index (χ4v) is 3.04. The summed E-state index contributed by atoms with van der Waals surface area (Å²) in [6.07, 6.45) is 0.917. The second-order valence-corrected chi connectivity index (χ2v) is 7.44. The Morgan fingerprint density at radius 1 is 0.941 bits per heavy atom. The molecule has 4 aromatic rings. The van der Waals surface area contributed by atoms with Gasteiger partial charge in [0.1, 0.15) is 5.75 Å². The average molecular weight is 464 g/mol. The van der Waals surface area contributed by atoms with Gasteiger partial charge >= 0.3 is 6.15 Å². The SMILES string of the molecule is C=C(O)CC.Cc1cc(N(C)F)c2ccccc2c1O.Cc1ccc2ccccc2c1.O=C=O. The highest BCUT2D eigenvalue weighted by Crippen LogP contribution is 2.35. The minimum atomic E-state index is 0.219. The number of rotatable bonds is 2. The van der Waals surface area contributed by atoms with Gasteiger partial charge in [-0.05, 0) is 36.2 Å². The number of allylic oxidation sites excluding steroid dienone is 1. The van der Waals surface area contributed by atoms with E-state index in [1.54, 1.807) is 25.1 Å². The number of carbonyl (C=O) groups excluding carboxylic acids is 2. The molecule has 0 amide bonds. The van der Waals surface area contributed by atoms with E-state index in [1.165, 1.54) is 23.4 Å². The molecular formula is C28H30FNO4. The van der Waals surface area contributed by atoms with Gasteiger partial charge in [0.15, 0.2) is 0 Å². The number of halogens is 1. The van der Waals surface area contributed by atoms with Gasteiger partial charge in [0.2, 0.25) is 0 Å². The molecule has 0 aliphatic rings. The Labute approximate surface area is 199 Å². The normalized spacial score (nSPS) is 9.32. The molecule has 0 atom stereocenters. The summed E-state index contributed by atoms with van der Waals surface area (Å²) in [7, 11) is 1.35. The number of hydrogen-bond donors (Lipinski definition) is 2. The molecule has 0 saturated heterocycles. The first kappa shape index (κ1) is 27.9. The van der Waals surface area contributed by atoms with Gasteiger partial charge < -0.3 is 10.2 Å². The second-order valence-electron chi connectivity index (χ2n) is 7.44. The van der Waals surface area contributed by atoms with Crippen molar-refractivity contribution in [2.75, 3.05) is 12.2 Å². The molecule has 0 bridgehead atoms. The molecule has 0 radical (unpaired) electrons. The Morgan fingerprint density at radius 2 is 1.44 bits per heavy atom. The van der Waals surface area contributed by atoms with Crippen LogP contribution in [0.3, 0.4) is 0 Å². The Bertz CT molecular complexity index is 1260. The predicted octanol–water partition coefficient (Wildman–Crippen LogP) is 7.21. The molecule has 0 unspecified atom stereocenters. The zero-order valence-corrected chi connectivity index (χ0v) is 19.9. The van der Waals surface area contributed by atoms with Crippen LogP contribution in [0.2, 0.25) is 0 Å². The number of hydrogen-bond acceptors (Lipinski definition) is 5. The van der Waals surface area contributed by atoms with Gasteiger partial charge in [-0.2, -0.15) is 9.59 Å². The van der Waals surface area contributed by atoms with Gasteiger partial charge in [-0.3, -0.25) is 0 Å². The van der Waals surface area contributed by atoms with E-state index in [9.17, 15) is 9.59 Å². The van der Waals surface area contributed by atoms with Crippen LogP contribution in [0, 0.1) is 13.8 Å². The van der Waals surface area contributed by atoms with Crippen LogP contribution in [0.5, 0.6) is 5.75 Å². The molecular weight excluding hydrogens is 433 g/mol. The summed E-state index contributed by atoms with van der Waals surface area (Å²) >= 11 is 0. The Hall–Kier alpha value is -4.15. The van der Waals surface area contributed by atoms with E-state index in [0.29, 0.717) is 33.6 Å². The minimum absolute atomic E-state index is 0.219. The van der Waals surface area contributed by atoms with E-state index in [1.807, 2.05) is 19.1 Å². The predicted molar refractivity (Wildman–Crippen MR) is 136 cm³/mol. The number of aliphatic hydroxyl groups is 1. The van der Waals surface area contributed by atoms with Gasteiger partial charge in [0.05, 0.1) is 11.4 Å². The van der Waals surface area contributed by atoms with Gasteiger partial charge in [-0.1, -0.05) is 85.8 Å². The number of nitrogens with zero attached hydrogens (tertiary/aromatic N) is 1. The number of aromatic hydroxyl groups is 1. The molecule has 34 heavy (non-hydrogen) atoms. The number of phenols is 1. The molecule has 4 rings (SSSR count). The van der Waals surface area contributed by atoms with Crippen LogP contribution in [-0.4, -0.2) is 23.4 Å². The maximum absolute atomic E-state index is 13.2. The van der Waals surface area contributed by atoms with Crippen LogP contribution in [-0.2, 0) is 9.59 Å². The highest BCUT2D eigenvalue weighted by Gasteiger charge is 2.10. The zero-order chi connectivity index (χ0) is 25.7. The summed E-state index contributed by atoms with van der Waals surface area (Å²) in [5.41, 5.74) is 2.47. The Kier molecular flexibility index (Phi) is 11.6. The van der Waals surface area contributed by atoms with E-state index >= 15 is 0 Å². The van der Waals surface area contributed by atoms with Gasteiger partial charge in [-0.25, -0.2) is 5.12 Å². The highest BCUT2D eigenvalue weighted by atomic mass is 19.2. The van der Waals surface area contributed by atoms with Crippen molar-refractivity contribution < 1.29 is 24.3 Å². The lowest BCUT2D eigenvalue weighted by molar-refractivity contribution is -0.191. The third-order valence-electron chi connectivity index (χ3n) is 4.83. The number of fused-ring (bicyclic) bond motifs is 2. The number of anilines is 1. The summed E-state index contributed by atoms with van der Waals surface area (Å²) in [6, 6.07) is 23.8. The lowest BCUT2D eigenvalue weighted by Crippen LogP contribution is -2.03. The van der Waals surface area contributed by atoms with E-state index in [0.717, 1.165) is 0 Å². The number of aliphatic hydroxyl groups excluding tert-OH is 1. The standard InChI is InChI=1S/C12H12FNO.C11H10.C4H8O.CO2/c1-8-7-11(14(2)13)9-5-3-4-6-10(9)12(8)15;1-9-6-7-10-4-2-3-5-11(10)8-9;1-3-4(2)5;2-1-3/h3-7,15H,1-2H3;2-8H,1H3;5H,2-3H2,1H3;. The van der Waals surface area contributed by atoms with E-state index in [-0.39, 0.29) is 17.7 Å². The third kappa shape index (κ3) is 8.41. The average Bonchev–Trinajstić information content (AvgIpc) is 2.82. The van der Waals surface area contributed by atoms with Crippen molar-refractivity contribution in [3.63, 3.8) is 0 Å².